The van der Waals surface area contributed by atoms with Crippen molar-refractivity contribution in [3.05, 3.63) is 72.6 Å². The minimum absolute atomic E-state index is 0.314. The molecule has 2 aromatic heterocycles. The van der Waals surface area contributed by atoms with E-state index in [-0.39, 0.29) is 6.04 Å². The van der Waals surface area contributed by atoms with Crippen molar-refractivity contribution in [3.63, 3.8) is 0 Å². The Bertz CT molecular complexity index is 648. The highest BCUT2D eigenvalue weighted by atomic mass is 15.3. The van der Waals surface area contributed by atoms with Gasteiger partial charge >= 0.3 is 0 Å². The third kappa shape index (κ3) is 2.36. The highest BCUT2D eigenvalue weighted by molar-refractivity contribution is 5.32. The van der Waals surface area contributed by atoms with Gasteiger partial charge in [-0.05, 0) is 12.1 Å². The Labute approximate surface area is 110 Å². The summed E-state index contributed by atoms with van der Waals surface area (Å²) in [5.74, 6) is 0. The fourth-order valence-electron chi connectivity index (χ4n) is 1.86. The standard InChI is InChI=1S/C14H13N5/c15-14(13-9-16-6-7-17-13)11-8-18-19(10-11)12-4-2-1-3-5-12/h1-10,14H,15H2. The van der Waals surface area contributed by atoms with Crippen LogP contribution in [0.15, 0.2) is 61.3 Å². The molecule has 2 N–H and O–H groups in total. The van der Waals surface area contributed by atoms with Gasteiger partial charge in [-0.25, -0.2) is 4.68 Å². The van der Waals surface area contributed by atoms with Crippen LogP contribution < -0.4 is 5.73 Å². The Kier molecular flexibility index (Phi) is 3.04. The first kappa shape index (κ1) is 11.6. The van der Waals surface area contributed by atoms with E-state index in [0.717, 1.165) is 16.9 Å². The summed E-state index contributed by atoms with van der Waals surface area (Å²) in [6, 6.07) is 9.58. The molecule has 0 aliphatic carbocycles. The number of hydrogen-bond acceptors (Lipinski definition) is 4. The third-order valence-electron chi connectivity index (χ3n) is 2.88. The normalized spacial score (nSPS) is 12.3. The molecule has 0 amide bonds. The Balaban J connectivity index is 1.90. The molecule has 19 heavy (non-hydrogen) atoms. The molecule has 1 aromatic carbocycles. The fourth-order valence-corrected chi connectivity index (χ4v) is 1.86. The largest absolute Gasteiger partial charge is 0.319 e. The molecule has 3 aromatic rings. The van der Waals surface area contributed by atoms with Crippen LogP contribution in [0, 0.1) is 0 Å². The summed E-state index contributed by atoms with van der Waals surface area (Å²) in [5, 5.41) is 4.32. The van der Waals surface area contributed by atoms with Crippen molar-refractivity contribution in [1.82, 2.24) is 19.7 Å². The topological polar surface area (TPSA) is 69.6 Å². The van der Waals surface area contributed by atoms with Crippen molar-refractivity contribution in [3.8, 4) is 5.69 Å². The zero-order chi connectivity index (χ0) is 13.1. The van der Waals surface area contributed by atoms with Gasteiger partial charge in [-0.1, -0.05) is 18.2 Å². The van der Waals surface area contributed by atoms with Gasteiger partial charge < -0.3 is 5.73 Å². The lowest BCUT2D eigenvalue weighted by Crippen LogP contribution is -2.13. The lowest BCUT2D eigenvalue weighted by atomic mass is 10.1. The predicted octanol–water partition coefficient (Wildman–Crippen LogP) is 1.71. The maximum absolute atomic E-state index is 6.15. The van der Waals surface area contributed by atoms with Crippen molar-refractivity contribution < 1.29 is 0 Å². The summed E-state index contributed by atoms with van der Waals surface area (Å²) in [7, 11) is 0. The molecule has 1 atom stereocenters. The van der Waals surface area contributed by atoms with E-state index in [0.29, 0.717) is 0 Å². The second-order valence-corrected chi connectivity index (χ2v) is 4.16. The van der Waals surface area contributed by atoms with E-state index in [1.54, 1.807) is 29.5 Å². The molecular formula is C14H13N5. The van der Waals surface area contributed by atoms with Gasteiger partial charge in [0.05, 0.1) is 29.8 Å². The van der Waals surface area contributed by atoms with E-state index in [4.69, 9.17) is 5.73 Å². The number of nitrogens with zero attached hydrogens (tertiary/aromatic N) is 4. The van der Waals surface area contributed by atoms with E-state index in [1.165, 1.54) is 0 Å². The van der Waals surface area contributed by atoms with Gasteiger partial charge in [0.1, 0.15) is 0 Å². The lowest BCUT2D eigenvalue weighted by Gasteiger charge is -2.07. The van der Waals surface area contributed by atoms with Crippen molar-refractivity contribution in [2.24, 2.45) is 5.73 Å². The van der Waals surface area contributed by atoms with Crippen molar-refractivity contribution >= 4 is 0 Å². The summed E-state index contributed by atoms with van der Waals surface area (Å²) in [4.78, 5) is 8.24. The molecule has 5 nitrogen and oxygen atoms in total. The Morgan fingerprint density at radius 1 is 1.05 bits per heavy atom. The fraction of sp³-hybridized carbons (Fsp3) is 0.0714. The number of benzene rings is 1. The summed E-state index contributed by atoms with van der Waals surface area (Å²) >= 11 is 0. The van der Waals surface area contributed by atoms with Gasteiger partial charge in [0.25, 0.3) is 0 Å². The van der Waals surface area contributed by atoms with Gasteiger partial charge in [0.2, 0.25) is 0 Å². The average Bonchev–Trinajstić information content (AvgIpc) is 2.98. The Morgan fingerprint density at radius 3 is 2.63 bits per heavy atom. The number of hydrogen-bond donors (Lipinski definition) is 1. The molecule has 0 spiro atoms. The lowest BCUT2D eigenvalue weighted by molar-refractivity contribution is 0.816. The molecule has 5 heteroatoms. The molecule has 0 aliphatic heterocycles. The van der Waals surface area contributed by atoms with Gasteiger partial charge in [-0.2, -0.15) is 5.10 Å². The van der Waals surface area contributed by atoms with Crippen molar-refractivity contribution in [2.75, 3.05) is 0 Å². The molecule has 0 saturated carbocycles. The van der Waals surface area contributed by atoms with Gasteiger partial charge in [0, 0.05) is 24.2 Å². The third-order valence-corrected chi connectivity index (χ3v) is 2.88. The molecular weight excluding hydrogens is 238 g/mol. The van der Waals surface area contributed by atoms with Crippen LogP contribution in [0.2, 0.25) is 0 Å². The zero-order valence-electron chi connectivity index (χ0n) is 10.2. The van der Waals surface area contributed by atoms with Crippen LogP contribution in [-0.4, -0.2) is 19.7 Å². The highest BCUT2D eigenvalue weighted by Gasteiger charge is 2.12. The van der Waals surface area contributed by atoms with Gasteiger partial charge in [0.15, 0.2) is 0 Å². The van der Waals surface area contributed by atoms with Crippen molar-refractivity contribution in [1.29, 1.82) is 0 Å². The van der Waals surface area contributed by atoms with E-state index < -0.39 is 0 Å². The molecule has 2 heterocycles. The monoisotopic (exact) mass is 251 g/mol. The summed E-state index contributed by atoms with van der Waals surface area (Å²) < 4.78 is 1.80. The quantitative estimate of drug-likeness (QED) is 0.769. The second kappa shape index (κ2) is 4.99. The van der Waals surface area contributed by atoms with E-state index in [1.807, 2.05) is 36.5 Å². The first-order valence-electron chi connectivity index (χ1n) is 5.96. The highest BCUT2D eigenvalue weighted by Crippen LogP contribution is 2.17. The van der Waals surface area contributed by atoms with Crippen LogP contribution in [0.5, 0.6) is 0 Å². The molecule has 0 saturated heterocycles. The van der Waals surface area contributed by atoms with Gasteiger partial charge in [-0.15, -0.1) is 0 Å². The van der Waals surface area contributed by atoms with Crippen LogP contribution >= 0.6 is 0 Å². The Morgan fingerprint density at radius 2 is 1.89 bits per heavy atom. The molecule has 3 rings (SSSR count). The minimum Gasteiger partial charge on any atom is -0.319 e. The first-order valence-corrected chi connectivity index (χ1v) is 5.96. The number of para-hydroxylation sites is 1. The molecule has 1 unspecified atom stereocenters. The van der Waals surface area contributed by atoms with Crippen LogP contribution in [-0.2, 0) is 0 Å². The van der Waals surface area contributed by atoms with Crippen LogP contribution in [0.3, 0.4) is 0 Å². The molecule has 0 radical (unpaired) electrons. The van der Waals surface area contributed by atoms with Gasteiger partial charge in [-0.3, -0.25) is 9.97 Å². The van der Waals surface area contributed by atoms with Crippen LogP contribution in [0.1, 0.15) is 17.3 Å². The number of aromatic nitrogens is 4. The molecule has 0 fully saturated rings. The first-order chi connectivity index (χ1) is 9.34. The van der Waals surface area contributed by atoms with Crippen molar-refractivity contribution in [2.45, 2.75) is 6.04 Å². The SMILES string of the molecule is NC(c1cnn(-c2ccccc2)c1)c1cnccn1. The molecule has 94 valence electrons. The predicted molar refractivity (Wildman–Crippen MR) is 71.6 cm³/mol. The average molecular weight is 251 g/mol. The van der Waals surface area contributed by atoms with Crippen LogP contribution in [0.25, 0.3) is 5.69 Å². The van der Waals surface area contributed by atoms with Crippen LogP contribution in [0.4, 0.5) is 0 Å². The molecule has 0 aliphatic rings. The maximum atomic E-state index is 6.15. The Hall–Kier alpha value is -2.53. The summed E-state index contributed by atoms with van der Waals surface area (Å²) in [6.45, 7) is 0. The van der Waals surface area contributed by atoms with E-state index in [9.17, 15) is 0 Å². The smallest absolute Gasteiger partial charge is 0.0800 e. The second-order valence-electron chi connectivity index (χ2n) is 4.16. The maximum Gasteiger partial charge on any atom is 0.0800 e. The van der Waals surface area contributed by atoms with E-state index in [2.05, 4.69) is 15.1 Å². The summed E-state index contributed by atoms with van der Waals surface area (Å²) in [5.41, 5.74) is 8.79. The summed E-state index contributed by atoms with van der Waals surface area (Å²) in [6.07, 6.45) is 8.60. The number of rotatable bonds is 3. The number of nitrogens with two attached hydrogens (primary N) is 1. The minimum atomic E-state index is -0.314. The zero-order valence-corrected chi connectivity index (χ0v) is 10.2. The molecule has 0 bridgehead atoms. The van der Waals surface area contributed by atoms with E-state index >= 15 is 0 Å².